The quantitative estimate of drug-likeness (QED) is 0.297. The fourth-order valence-electron chi connectivity index (χ4n) is 3.83. The maximum Gasteiger partial charge on any atom is 0.295 e. The van der Waals surface area contributed by atoms with Gasteiger partial charge in [0.1, 0.15) is 11.5 Å². The van der Waals surface area contributed by atoms with E-state index in [4.69, 9.17) is 9.47 Å². The molecule has 1 aliphatic rings. The Bertz CT molecular complexity index is 978. The van der Waals surface area contributed by atoms with Crippen LogP contribution in [0, 0.1) is 0 Å². The molecule has 1 aliphatic heterocycles. The van der Waals surface area contributed by atoms with Crippen LogP contribution in [0.2, 0.25) is 0 Å². The molecule has 0 radical (unpaired) electrons. The van der Waals surface area contributed by atoms with Crippen LogP contribution in [0.1, 0.15) is 48.9 Å². The summed E-state index contributed by atoms with van der Waals surface area (Å²) in [6, 6.07) is 14.0. The van der Waals surface area contributed by atoms with E-state index in [2.05, 4.69) is 13.8 Å². The molecule has 0 spiro atoms. The number of amides is 1. The SMILES string of the molecule is COCCCN1C(=O)C(=O)/C(=C(/O)c2cccc(OC)c2)C1c1ccc(C(C)C)cc1. The number of Topliss-reactive ketones (excluding diaryl/α,β-unsaturated/α-hetero) is 1. The molecule has 1 heterocycles. The topological polar surface area (TPSA) is 76.1 Å². The molecule has 0 aliphatic carbocycles. The Balaban J connectivity index is 2.11. The molecule has 6 nitrogen and oxygen atoms in total. The number of ketones is 1. The number of methoxy groups -OCH3 is 2. The van der Waals surface area contributed by atoms with Crippen LogP contribution >= 0.6 is 0 Å². The zero-order valence-electron chi connectivity index (χ0n) is 18.4. The molecule has 1 fully saturated rings. The van der Waals surface area contributed by atoms with Gasteiger partial charge < -0.3 is 19.5 Å². The van der Waals surface area contributed by atoms with E-state index in [1.54, 1.807) is 31.4 Å². The average molecular weight is 424 g/mol. The van der Waals surface area contributed by atoms with Crippen molar-refractivity contribution in [2.45, 2.75) is 32.2 Å². The van der Waals surface area contributed by atoms with Crippen LogP contribution in [0.5, 0.6) is 5.75 Å². The van der Waals surface area contributed by atoms with E-state index in [0.717, 1.165) is 11.1 Å². The minimum absolute atomic E-state index is 0.0907. The fourth-order valence-corrected chi connectivity index (χ4v) is 3.83. The van der Waals surface area contributed by atoms with E-state index in [1.165, 1.54) is 12.0 Å². The summed E-state index contributed by atoms with van der Waals surface area (Å²) in [5, 5.41) is 11.1. The van der Waals surface area contributed by atoms with Crippen LogP contribution < -0.4 is 4.74 Å². The zero-order valence-corrected chi connectivity index (χ0v) is 18.4. The van der Waals surface area contributed by atoms with E-state index in [1.807, 2.05) is 24.3 Å². The van der Waals surface area contributed by atoms with Gasteiger partial charge in [-0.05, 0) is 35.6 Å². The van der Waals surface area contributed by atoms with Gasteiger partial charge in [0.2, 0.25) is 0 Å². The summed E-state index contributed by atoms with van der Waals surface area (Å²) in [5.41, 5.74) is 2.46. The first-order chi connectivity index (χ1) is 14.9. The number of aliphatic hydroxyl groups excluding tert-OH is 1. The summed E-state index contributed by atoms with van der Waals surface area (Å²) >= 11 is 0. The van der Waals surface area contributed by atoms with Crippen molar-refractivity contribution >= 4 is 17.4 Å². The van der Waals surface area contributed by atoms with Gasteiger partial charge in [-0.2, -0.15) is 0 Å². The number of hydrogen-bond donors (Lipinski definition) is 1. The smallest absolute Gasteiger partial charge is 0.295 e. The summed E-state index contributed by atoms with van der Waals surface area (Å²) < 4.78 is 10.4. The van der Waals surface area contributed by atoms with Crippen LogP contribution in [-0.4, -0.2) is 49.1 Å². The van der Waals surface area contributed by atoms with Gasteiger partial charge in [0.15, 0.2) is 0 Å². The fraction of sp³-hybridized carbons (Fsp3) is 0.360. The zero-order chi connectivity index (χ0) is 22.5. The molecule has 1 amide bonds. The van der Waals surface area contributed by atoms with Crippen molar-refractivity contribution in [1.82, 2.24) is 4.90 Å². The summed E-state index contributed by atoms with van der Waals surface area (Å²) in [7, 11) is 3.13. The van der Waals surface area contributed by atoms with Crippen molar-refractivity contribution in [3.8, 4) is 5.75 Å². The monoisotopic (exact) mass is 423 g/mol. The average Bonchev–Trinajstić information content (AvgIpc) is 3.03. The van der Waals surface area contributed by atoms with E-state index in [-0.39, 0.29) is 11.3 Å². The van der Waals surface area contributed by atoms with Crippen LogP contribution in [0.25, 0.3) is 5.76 Å². The number of likely N-dealkylation sites (tertiary alicyclic amines) is 1. The molecule has 1 unspecified atom stereocenters. The maximum atomic E-state index is 13.0. The molecule has 1 N–H and O–H groups in total. The third-order valence-electron chi connectivity index (χ3n) is 5.55. The lowest BCUT2D eigenvalue weighted by molar-refractivity contribution is -0.140. The Morgan fingerprint density at radius 3 is 2.42 bits per heavy atom. The number of nitrogens with zero attached hydrogens (tertiary/aromatic N) is 1. The summed E-state index contributed by atoms with van der Waals surface area (Å²) in [6.45, 7) is 5.03. The molecule has 1 atom stereocenters. The van der Waals surface area contributed by atoms with Crippen molar-refractivity contribution in [3.63, 3.8) is 0 Å². The van der Waals surface area contributed by atoms with Gasteiger partial charge in [0.05, 0.1) is 18.7 Å². The highest BCUT2D eigenvalue weighted by Gasteiger charge is 2.45. The molecule has 2 aromatic rings. The van der Waals surface area contributed by atoms with Crippen molar-refractivity contribution < 1.29 is 24.2 Å². The van der Waals surface area contributed by atoms with E-state index in [0.29, 0.717) is 36.8 Å². The molecule has 31 heavy (non-hydrogen) atoms. The summed E-state index contributed by atoms with van der Waals surface area (Å²) in [4.78, 5) is 27.4. The van der Waals surface area contributed by atoms with Crippen LogP contribution in [0.3, 0.4) is 0 Å². The van der Waals surface area contributed by atoms with Gasteiger partial charge in [0, 0.05) is 25.8 Å². The van der Waals surface area contributed by atoms with E-state index in [9.17, 15) is 14.7 Å². The van der Waals surface area contributed by atoms with Crippen molar-refractivity contribution in [2.24, 2.45) is 0 Å². The summed E-state index contributed by atoms with van der Waals surface area (Å²) in [6.07, 6.45) is 0.587. The number of carbonyl (C=O) groups excluding carboxylic acids is 2. The Labute approximate surface area is 183 Å². The second-order valence-corrected chi connectivity index (χ2v) is 7.89. The predicted molar refractivity (Wildman–Crippen MR) is 119 cm³/mol. The van der Waals surface area contributed by atoms with Gasteiger partial charge in [-0.3, -0.25) is 9.59 Å². The minimum Gasteiger partial charge on any atom is -0.507 e. The predicted octanol–water partition coefficient (Wildman–Crippen LogP) is 4.28. The second kappa shape index (κ2) is 9.79. The second-order valence-electron chi connectivity index (χ2n) is 7.89. The molecule has 2 aromatic carbocycles. The molecule has 6 heteroatoms. The number of carbonyl (C=O) groups is 2. The van der Waals surface area contributed by atoms with Crippen LogP contribution in [0.15, 0.2) is 54.1 Å². The Morgan fingerprint density at radius 2 is 1.81 bits per heavy atom. The number of hydrogen-bond acceptors (Lipinski definition) is 5. The van der Waals surface area contributed by atoms with Gasteiger partial charge in [0.25, 0.3) is 11.7 Å². The van der Waals surface area contributed by atoms with Crippen molar-refractivity contribution in [1.29, 1.82) is 0 Å². The standard InChI is InChI=1S/C25H29NO5/c1-16(2)17-9-11-18(12-10-17)22-21(23(27)19-7-5-8-20(15-19)31-4)24(28)25(29)26(22)13-6-14-30-3/h5,7-12,15-16,22,27H,6,13-14H2,1-4H3/b23-21+. The highest BCUT2D eigenvalue weighted by Crippen LogP contribution is 2.40. The number of benzene rings is 2. The normalized spacial score (nSPS) is 18.1. The lowest BCUT2D eigenvalue weighted by atomic mass is 9.93. The van der Waals surface area contributed by atoms with Crippen LogP contribution in [-0.2, 0) is 14.3 Å². The number of ether oxygens (including phenoxy) is 2. The lowest BCUT2D eigenvalue weighted by Crippen LogP contribution is -2.31. The molecule has 0 bridgehead atoms. The highest BCUT2D eigenvalue weighted by molar-refractivity contribution is 6.46. The third-order valence-corrected chi connectivity index (χ3v) is 5.55. The number of aliphatic hydroxyl groups is 1. The van der Waals surface area contributed by atoms with Gasteiger partial charge in [-0.15, -0.1) is 0 Å². The third kappa shape index (κ3) is 4.64. The maximum absolute atomic E-state index is 13.0. The molecule has 3 rings (SSSR count). The molecule has 1 saturated heterocycles. The Morgan fingerprint density at radius 1 is 1.10 bits per heavy atom. The Hall–Kier alpha value is -3.12. The van der Waals surface area contributed by atoms with Crippen molar-refractivity contribution in [3.05, 3.63) is 70.8 Å². The first-order valence-corrected chi connectivity index (χ1v) is 10.4. The molecule has 164 valence electrons. The Kier molecular flexibility index (Phi) is 7.13. The first-order valence-electron chi connectivity index (χ1n) is 10.4. The van der Waals surface area contributed by atoms with Gasteiger partial charge in [-0.1, -0.05) is 50.2 Å². The van der Waals surface area contributed by atoms with E-state index < -0.39 is 17.7 Å². The highest BCUT2D eigenvalue weighted by atomic mass is 16.5. The molecule has 0 saturated carbocycles. The van der Waals surface area contributed by atoms with Gasteiger partial charge in [-0.25, -0.2) is 0 Å². The van der Waals surface area contributed by atoms with Crippen LogP contribution in [0.4, 0.5) is 0 Å². The summed E-state index contributed by atoms with van der Waals surface area (Å²) in [5.74, 6) is -0.589. The molecule has 0 aromatic heterocycles. The lowest BCUT2D eigenvalue weighted by Gasteiger charge is -2.25. The first kappa shape index (κ1) is 22.6. The van der Waals surface area contributed by atoms with Crippen molar-refractivity contribution in [2.75, 3.05) is 27.4 Å². The molecular weight excluding hydrogens is 394 g/mol. The minimum atomic E-state index is -0.685. The van der Waals surface area contributed by atoms with Gasteiger partial charge >= 0.3 is 0 Å². The number of rotatable bonds is 8. The van der Waals surface area contributed by atoms with E-state index >= 15 is 0 Å². The largest absolute Gasteiger partial charge is 0.507 e. The molecular formula is C25H29NO5.